The Morgan fingerprint density at radius 2 is 1.56 bits per heavy atom. The lowest BCUT2D eigenvalue weighted by molar-refractivity contribution is 0.597. The maximum atomic E-state index is 13.1. The molecule has 27 heavy (non-hydrogen) atoms. The van der Waals surface area contributed by atoms with E-state index in [4.69, 9.17) is 17.3 Å². The van der Waals surface area contributed by atoms with Crippen molar-refractivity contribution < 1.29 is 16.8 Å². The standard InChI is InChI=1S/C18H16ClNO4S3/c1-26(21,22)14-7-13(12-5-3-2-4-6-12)8-15(9-14)27(23,24)18-10-16(19)17(11-20)25-18/h2-10H,11,20H2,1H3. The molecular weight excluding hydrogens is 426 g/mol. The number of benzene rings is 2. The molecule has 0 bridgehead atoms. The van der Waals surface area contributed by atoms with Gasteiger partial charge in [-0.15, -0.1) is 11.3 Å². The molecule has 0 saturated carbocycles. The molecule has 0 radical (unpaired) electrons. The molecule has 0 spiro atoms. The van der Waals surface area contributed by atoms with Gasteiger partial charge in [0.15, 0.2) is 9.84 Å². The van der Waals surface area contributed by atoms with Crippen LogP contribution in [0.5, 0.6) is 0 Å². The summed E-state index contributed by atoms with van der Waals surface area (Å²) in [4.78, 5) is 0.382. The maximum Gasteiger partial charge on any atom is 0.216 e. The lowest BCUT2D eigenvalue weighted by atomic mass is 10.1. The van der Waals surface area contributed by atoms with Crippen molar-refractivity contribution in [2.45, 2.75) is 20.5 Å². The molecule has 0 aliphatic rings. The maximum absolute atomic E-state index is 13.1. The van der Waals surface area contributed by atoms with Crippen LogP contribution in [0.2, 0.25) is 5.02 Å². The predicted molar refractivity (Wildman–Crippen MR) is 108 cm³/mol. The zero-order valence-corrected chi connectivity index (χ0v) is 17.4. The van der Waals surface area contributed by atoms with Gasteiger partial charge in [-0.25, -0.2) is 16.8 Å². The summed E-state index contributed by atoms with van der Waals surface area (Å²) in [6, 6.07) is 14.4. The number of nitrogens with two attached hydrogens (primary N) is 1. The molecule has 0 aliphatic heterocycles. The van der Waals surface area contributed by atoms with Gasteiger partial charge in [0, 0.05) is 17.7 Å². The van der Waals surface area contributed by atoms with E-state index in [1.807, 2.05) is 6.07 Å². The van der Waals surface area contributed by atoms with Crippen molar-refractivity contribution in [2.24, 2.45) is 5.73 Å². The van der Waals surface area contributed by atoms with Gasteiger partial charge in [-0.1, -0.05) is 41.9 Å². The number of rotatable bonds is 5. The normalized spacial score (nSPS) is 12.3. The van der Waals surface area contributed by atoms with Gasteiger partial charge in [0.2, 0.25) is 9.84 Å². The number of hydrogen-bond acceptors (Lipinski definition) is 6. The Hall–Kier alpha value is -1.71. The minimum absolute atomic E-state index is 0.0256. The van der Waals surface area contributed by atoms with Crippen LogP contribution in [0.15, 0.2) is 68.6 Å². The second kappa shape index (κ2) is 7.37. The largest absolute Gasteiger partial charge is 0.326 e. The summed E-state index contributed by atoms with van der Waals surface area (Å²) in [6.45, 7) is 0.123. The van der Waals surface area contributed by atoms with Crippen molar-refractivity contribution in [2.75, 3.05) is 6.26 Å². The second-order valence-corrected chi connectivity index (χ2v) is 11.6. The van der Waals surface area contributed by atoms with Crippen LogP contribution in [0.3, 0.4) is 0 Å². The molecule has 5 nitrogen and oxygen atoms in total. The highest BCUT2D eigenvalue weighted by atomic mass is 35.5. The minimum Gasteiger partial charge on any atom is -0.326 e. The Labute approximate surface area is 167 Å². The number of halogens is 1. The van der Waals surface area contributed by atoms with Gasteiger partial charge in [-0.05, 0) is 35.4 Å². The number of thiophene rings is 1. The third-order valence-electron chi connectivity index (χ3n) is 3.91. The van der Waals surface area contributed by atoms with Crippen molar-refractivity contribution in [3.05, 3.63) is 64.5 Å². The summed E-state index contributed by atoms with van der Waals surface area (Å²) in [5, 5.41) is 0.281. The third-order valence-corrected chi connectivity index (χ3v) is 8.82. The molecule has 3 rings (SSSR count). The Bertz CT molecular complexity index is 1200. The predicted octanol–water partition coefficient (Wildman–Crippen LogP) is 3.76. The first-order valence-electron chi connectivity index (χ1n) is 7.77. The van der Waals surface area contributed by atoms with Crippen molar-refractivity contribution >= 4 is 42.6 Å². The highest BCUT2D eigenvalue weighted by Crippen LogP contribution is 2.35. The van der Waals surface area contributed by atoms with Crippen LogP contribution in [0.1, 0.15) is 4.88 Å². The molecule has 0 amide bonds. The van der Waals surface area contributed by atoms with Crippen LogP contribution in [0, 0.1) is 0 Å². The monoisotopic (exact) mass is 441 g/mol. The SMILES string of the molecule is CS(=O)(=O)c1cc(-c2ccccc2)cc(S(=O)(=O)c2cc(Cl)c(CN)s2)c1. The van der Waals surface area contributed by atoms with Gasteiger partial charge >= 0.3 is 0 Å². The Kier molecular flexibility index (Phi) is 5.47. The first-order valence-corrected chi connectivity index (χ1v) is 12.3. The van der Waals surface area contributed by atoms with Gasteiger partial charge in [-0.3, -0.25) is 0 Å². The van der Waals surface area contributed by atoms with Crippen LogP contribution in [-0.4, -0.2) is 23.1 Å². The van der Waals surface area contributed by atoms with E-state index in [2.05, 4.69) is 0 Å². The highest BCUT2D eigenvalue weighted by molar-refractivity contribution is 7.93. The summed E-state index contributed by atoms with van der Waals surface area (Å²) in [5.74, 6) is 0. The van der Waals surface area contributed by atoms with Gasteiger partial charge < -0.3 is 5.73 Å². The van der Waals surface area contributed by atoms with Crippen LogP contribution in [0.4, 0.5) is 0 Å². The molecule has 0 atom stereocenters. The molecule has 0 aliphatic carbocycles. The fraction of sp³-hybridized carbons (Fsp3) is 0.111. The Balaban J connectivity index is 2.25. The summed E-state index contributed by atoms with van der Waals surface area (Å²) < 4.78 is 50.4. The van der Waals surface area contributed by atoms with Crippen molar-refractivity contribution in [3.63, 3.8) is 0 Å². The lowest BCUT2D eigenvalue weighted by Gasteiger charge is -2.09. The average molecular weight is 442 g/mol. The lowest BCUT2D eigenvalue weighted by Crippen LogP contribution is -2.04. The van der Waals surface area contributed by atoms with Crippen LogP contribution in [0.25, 0.3) is 11.1 Å². The van der Waals surface area contributed by atoms with E-state index in [9.17, 15) is 16.8 Å². The molecule has 0 saturated heterocycles. The first-order chi connectivity index (χ1) is 12.6. The summed E-state index contributed by atoms with van der Waals surface area (Å²) in [5.41, 5.74) is 6.79. The van der Waals surface area contributed by atoms with Crippen molar-refractivity contribution in [1.29, 1.82) is 0 Å². The van der Waals surface area contributed by atoms with E-state index < -0.39 is 19.7 Å². The Morgan fingerprint density at radius 3 is 2.11 bits per heavy atom. The molecule has 142 valence electrons. The van der Waals surface area contributed by atoms with Crippen LogP contribution >= 0.6 is 22.9 Å². The molecule has 1 heterocycles. The van der Waals surface area contributed by atoms with Gasteiger partial charge in [-0.2, -0.15) is 0 Å². The molecule has 2 N–H and O–H groups in total. The Morgan fingerprint density at radius 1 is 0.926 bits per heavy atom. The smallest absolute Gasteiger partial charge is 0.216 e. The quantitative estimate of drug-likeness (QED) is 0.650. The number of hydrogen-bond donors (Lipinski definition) is 1. The average Bonchev–Trinajstić information content (AvgIpc) is 3.03. The fourth-order valence-corrected chi connectivity index (χ4v) is 6.46. The molecule has 3 aromatic rings. The summed E-state index contributed by atoms with van der Waals surface area (Å²) >= 11 is 7.02. The molecule has 1 aromatic heterocycles. The van der Waals surface area contributed by atoms with Crippen LogP contribution in [-0.2, 0) is 26.2 Å². The highest BCUT2D eigenvalue weighted by Gasteiger charge is 2.24. The zero-order chi connectivity index (χ0) is 19.8. The van der Waals surface area contributed by atoms with E-state index >= 15 is 0 Å². The van der Waals surface area contributed by atoms with E-state index in [-0.39, 0.29) is 25.6 Å². The molecule has 0 unspecified atom stereocenters. The van der Waals surface area contributed by atoms with E-state index in [1.165, 1.54) is 24.3 Å². The molecule has 0 fully saturated rings. The first kappa shape index (κ1) is 20.0. The molecular formula is C18H16ClNO4S3. The van der Waals surface area contributed by atoms with Crippen molar-refractivity contribution in [3.8, 4) is 11.1 Å². The van der Waals surface area contributed by atoms with Gasteiger partial charge in [0.1, 0.15) is 4.21 Å². The molecule has 9 heteroatoms. The third kappa shape index (κ3) is 4.09. The number of sulfone groups is 2. The molecule has 2 aromatic carbocycles. The summed E-state index contributed by atoms with van der Waals surface area (Å²) in [7, 11) is -7.56. The zero-order valence-electron chi connectivity index (χ0n) is 14.2. The summed E-state index contributed by atoms with van der Waals surface area (Å²) in [6.07, 6.45) is 1.04. The minimum atomic E-state index is -3.95. The second-order valence-electron chi connectivity index (χ2n) is 5.88. The van der Waals surface area contributed by atoms with Gasteiger partial charge in [0.05, 0.1) is 14.8 Å². The van der Waals surface area contributed by atoms with E-state index in [0.29, 0.717) is 16.0 Å². The van der Waals surface area contributed by atoms with Gasteiger partial charge in [0.25, 0.3) is 0 Å². The van der Waals surface area contributed by atoms with E-state index in [0.717, 1.165) is 17.6 Å². The van der Waals surface area contributed by atoms with Crippen LogP contribution < -0.4 is 5.73 Å². The van der Waals surface area contributed by atoms with Crippen molar-refractivity contribution in [1.82, 2.24) is 0 Å². The fourth-order valence-electron chi connectivity index (χ4n) is 2.51. The van der Waals surface area contributed by atoms with E-state index in [1.54, 1.807) is 24.3 Å². The topological polar surface area (TPSA) is 94.3 Å².